The summed E-state index contributed by atoms with van der Waals surface area (Å²) >= 11 is 0. The molecular formula is C48H46F3N5O2. The van der Waals surface area contributed by atoms with E-state index in [2.05, 4.69) is 44.9 Å². The molecule has 8 rings (SSSR count). The number of fused-ring (bicyclic) bond motifs is 2. The van der Waals surface area contributed by atoms with Crippen LogP contribution in [0.25, 0.3) is 22.3 Å². The summed E-state index contributed by atoms with van der Waals surface area (Å²) in [6.07, 6.45) is 2.92. The van der Waals surface area contributed by atoms with E-state index in [0.29, 0.717) is 23.5 Å². The molecule has 2 aromatic heterocycles. The Bertz CT molecular complexity index is 2420. The van der Waals surface area contributed by atoms with Gasteiger partial charge >= 0.3 is 6.18 Å². The van der Waals surface area contributed by atoms with Crippen LogP contribution in [-0.2, 0) is 45.1 Å². The molecule has 10 heteroatoms. The van der Waals surface area contributed by atoms with Gasteiger partial charge < -0.3 is 20.1 Å². The van der Waals surface area contributed by atoms with E-state index in [1.165, 1.54) is 34.4 Å². The maximum absolute atomic E-state index is 13.4. The summed E-state index contributed by atoms with van der Waals surface area (Å²) in [6.45, 7) is 8.38. The lowest BCUT2D eigenvalue weighted by atomic mass is 9.95. The molecule has 6 aromatic rings. The van der Waals surface area contributed by atoms with Gasteiger partial charge in [-0.15, -0.1) is 0 Å². The van der Waals surface area contributed by atoms with Crippen LogP contribution < -0.4 is 20.1 Å². The first-order valence-electron chi connectivity index (χ1n) is 19.6. The molecule has 0 bridgehead atoms. The molecule has 0 unspecified atom stereocenters. The number of alkyl halides is 3. The fourth-order valence-corrected chi connectivity index (χ4v) is 7.35. The molecule has 0 aliphatic carbocycles. The van der Waals surface area contributed by atoms with Crippen molar-refractivity contribution < 1.29 is 22.6 Å². The number of aryl methyl sites for hydroxylation is 2. The number of rotatable bonds is 8. The van der Waals surface area contributed by atoms with E-state index in [4.69, 9.17) is 9.47 Å². The van der Waals surface area contributed by atoms with Gasteiger partial charge in [-0.1, -0.05) is 36.4 Å². The lowest BCUT2D eigenvalue weighted by molar-refractivity contribution is -0.137. The third kappa shape index (κ3) is 10.3. The molecule has 0 atom stereocenters. The Kier molecular flexibility index (Phi) is 12.8. The first-order chi connectivity index (χ1) is 28.1. The second-order valence-electron chi connectivity index (χ2n) is 14.7. The molecule has 0 spiro atoms. The van der Waals surface area contributed by atoms with Crippen LogP contribution in [0.1, 0.15) is 55.9 Å². The van der Waals surface area contributed by atoms with Gasteiger partial charge in [0, 0.05) is 23.5 Å². The molecule has 2 N–H and O–H groups in total. The van der Waals surface area contributed by atoms with Gasteiger partial charge in [-0.25, -0.2) is 0 Å². The third-order valence-electron chi connectivity index (χ3n) is 10.4. The average molecular weight is 782 g/mol. The summed E-state index contributed by atoms with van der Waals surface area (Å²) in [5, 5.41) is 16.2. The Morgan fingerprint density at radius 2 is 1.07 bits per heavy atom. The molecule has 0 radical (unpaired) electrons. The molecule has 58 heavy (non-hydrogen) atoms. The second kappa shape index (κ2) is 18.5. The molecular weight excluding hydrogens is 736 g/mol. The highest BCUT2D eigenvalue weighted by molar-refractivity contribution is 5.74. The van der Waals surface area contributed by atoms with Crippen molar-refractivity contribution in [1.82, 2.24) is 20.6 Å². The van der Waals surface area contributed by atoms with Crippen molar-refractivity contribution in [3.05, 3.63) is 165 Å². The van der Waals surface area contributed by atoms with Gasteiger partial charge in [-0.05, 0) is 171 Å². The van der Waals surface area contributed by atoms with E-state index < -0.39 is 11.7 Å². The highest BCUT2D eigenvalue weighted by Crippen LogP contribution is 2.39. The van der Waals surface area contributed by atoms with E-state index in [-0.39, 0.29) is 6.61 Å². The van der Waals surface area contributed by atoms with E-state index in [0.717, 1.165) is 103 Å². The summed E-state index contributed by atoms with van der Waals surface area (Å²) < 4.78 is 52.2. The van der Waals surface area contributed by atoms with Crippen molar-refractivity contribution in [2.24, 2.45) is 0 Å². The average Bonchev–Trinajstić information content (AvgIpc) is 3.62. The Labute approximate surface area is 337 Å². The molecule has 0 amide bonds. The minimum Gasteiger partial charge on any atom is -0.487 e. The maximum atomic E-state index is 13.4. The van der Waals surface area contributed by atoms with Gasteiger partial charge in [-0.2, -0.15) is 18.4 Å². The fourth-order valence-electron chi connectivity index (χ4n) is 7.35. The predicted octanol–water partition coefficient (Wildman–Crippen LogP) is 9.54. The first-order valence-corrected chi connectivity index (χ1v) is 19.6. The van der Waals surface area contributed by atoms with Crippen LogP contribution in [0.15, 0.2) is 109 Å². The number of hydrogen-bond donors (Lipinski definition) is 2. The summed E-state index contributed by atoms with van der Waals surface area (Å²) in [7, 11) is 0. The predicted molar refractivity (Wildman–Crippen MR) is 221 cm³/mol. The minimum absolute atomic E-state index is 0.189. The number of aromatic nitrogens is 2. The van der Waals surface area contributed by atoms with Gasteiger partial charge in [-0.3, -0.25) is 9.97 Å². The zero-order valence-corrected chi connectivity index (χ0v) is 32.8. The summed E-state index contributed by atoms with van der Waals surface area (Å²) in [5.74, 6) is 1.19. The maximum Gasteiger partial charge on any atom is 0.416 e. The van der Waals surface area contributed by atoms with E-state index in [9.17, 15) is 18.4 Å². The van der Waals surface area contributed by atoms with Gasteiger partial charge in [0.05, 0.1) is 28.6 Å². The molecule has 4 heterocycles. The summed E-state index contributed by atoms with van der Waals surface area (Å²) in [6, 6.07) is 31.8. The number of benzene rings is 4. The number of halogens is 3. The van der Waals surface area contributed by atoms with Gasteiger partial charge in [0.2, 0.25) is 0 Å². The van der Waals surface area contributed by atoms with E-state index >= 15 is 0 Å². The van der Waals surface area contributed by atoms with Crippen LogP contribution in [0.5, 0.6) is 11.5 Å². The minimum atomic E-state index is -4.42. The Morgan fingerprint density at radius 1 is 0.586 bits per heavy atom. The number of hydrogen-bond acceptors (Lipinski definition) is 7. The Hall–Kier alpha value is -6.02. The lowest BCUT2D eigenvalue weighted by Gasteiger charge is -2.16. The molecule has 2 aliphatic rings. The summed E-state index contributed by atoms with van der Waals surface area (Å²) in [4.78, 5) is 8.64. The third-order valence-corrected chi connectivity index (χ3v) is 10.4. The largest absolute Gasteiger partial charge is 0.487 e. The Morgan fingerprint density at radius 3 is 1.55 bits per heavy atom. The van der Waals surface area contributed by atoms with Crippen molar-refractivity contribution in [1.29, 1.82) is 5.26 Å². The monoisotopic (exact) mass is 781 g/mol. The highest BCUT2D eigenvalue weighted by atomic mass is 19.4. The molecule has 7 nitrogen and oxygen atoms in total. The number of nitrogens with zero attached hydrogens (tertiary/aromatic N) is 3. The number of ether oxygens (including phenoxy) is 2. The molecule has 296 valence electrons. The van der Waals surface area contributed by atoms with E-state index in [1.54, 1.807) is 18.5 Å². The zero-order chi connectivity index (χ0) is 40.5. The van der Waals surface area contributed by atoms with Crippen LogP contribution in [0.2, 0.25) is 0 Å². The van der Waals surface area contributed by atoms with Crippen LogP contribution in [-0.4, -0.2) is 36.1 Å². The van der Waals surface area contributed by atoms with Crippen LogP contribution in [0.3, 0.4) is 0 Å². The van der Waals surface area contributed by atoms with Crippen molar-refractivity contribution in [3.8, 4) is 39.8 Å². The molecule has 2 aliphatic heterocycles. The topological polar surface area (TPSA) is 92.1 Å². The normalized spacial score (nSPS) is 13.7. The fraction of sp³-hybridized carbons (Fsp3) is 0.271. The summed E-state index contributed by atoms with van der Waals surface area (Å²) in [5.41, 5.74) is 12.2. The van der Waals surface area contributed by atoms with Crippen LogP contribution >= 0.6 is 0 Å². The second-order valence-corrected chi connectivity index (χ2v) is 14.7. The van der Waals surface area contributed by atoms with E-state index in [1.807, 2.05) is 68.4 Å². The van der Waals surface area contributed by atoms with Crippen LogP contribution in [0, 0.1) is 25.2 Å². The van der Waals surface area contributed by atoms with Crippen molar-refractivity contribution in [2.75, 3.05) is 26.2 Å². The molecule has 0 fully saturated rings. The first kappa shape index (κ1) is 40.2. The molecule has 4 aromatic carbocycles. The zero-order valence-electron chi connectivity index (χ0n) is 32.8. The number of nitrogens with one attached hydrogen (secondary N) is 2. The highest BCUT2D eigenvalue weighted by Gasteiger charge is 2.31. The Balaban J connectivity index is 0.000000177. The quantitative estimate of drug-likeness (QED) is 0.159. The van der Waals surface area contributed by atoms with Crippen molar-refractivity contribution in [3.63, 3.8) is 0 Å². The number of pyridine rings is 2. The smallest absolute Gasteiger partial charge is 0.416 e. The van der Waals surface area contributed by atoms with Crippen molar-refractivity contribution >= 4 is 0 Å². The standard InChI is InChI=1S/C24H23F3N2O.C24H23N3O/c1-16-6-11-29-21(12-16)15-30-23-5-4-20(24(25,26)27)14-22(23)19-3-2-17-7-9-28-10-8-18(17)13-19;1-17-6-11-27-22(12-17)16-28-24-5-2-18(15-25)13-23(24)21-4-3-19-7-9-26-10-8-20(19)14-21/h2-6,11-14,28H,7-10,15H2,1H3;2-6,11-14,26H,7-10,16H2,1H3. The van der Waals surface area contributed by atoms with Gasteiger partial charge in [0.15, 0.2) is 0 Å². The molecule has 0 saturated heterocycles. The SMILES string of the molecule is Cc1ccnc(COc2ccc(C#N)cc2-c2ccc3c(c2)CCNCC3)c1.Cc1ccnc(COc2ccc(C(F)(F)F)cc2-c2ccc3c(c2)CCNCC3)c1. The molecule has 0 saturated carbocycles. The lowest BCUT2D eigenvalue weighted by Crippen LogP contribution is -2.16. The van der Waals surface area contributed by atoms with Crippen LogP contribution in [0.4, 0.5) is 13.2 Å². The van der Waals surface area contributed by atoms with Gasteiger partial charge in [0.25, 0.3) is 0 Å². The van der Waals surface area contributed by atoms with Gasteiger partial charge in [0.1, 0.15) is 24.7 Å². The van der Waals surface area contributed by atoms with Crippen molar-refractivity contribution in [2.45, 2.75) is 58.9 Å². The number of nitriles is 1.